The number of benzene rings is 1. The molecule has 0 aliphatic heterocycles. The average Bonchev–Trinajstić information content (AvgIpc) is 3.52. The Hall–Kier alpha value is -4.65. The molecule has 10 nitrogen and oxygen atoms in total. The van der Waals surface area contributed by atoms with Crippen molar-refractivity contribution in [2.24, 2.45) is 0 Å². The number of pyridine rings is 2. The van der Waals surface area contributed by atoms with E-state index in [1.54, 1.807) is 12.1 Å². The van der Waals surface area contributed by atoms with E-state index in [1.807, 2.05) is 0 Å². The number of H-pyrrole nitrogens is 2. The van der Waals surface area contributed by atoms with Crippen LogP contribution in [0.15, 0.2) is 55.4 Å². The number of aryl methyl sites for hydroxylation is 1. The third-order valence-corrected chi connectivity index (χ3v) is 6.97. The van der Waals surface area contributed by atoms with E-state index < -0.39 is 21.5 Å². The number of halogens is 2. The van der Waals surface area contributed by atoms with Gasteiger partial charge in [0.2, 0.25) is 0 Å². The molecule has 6 aromatic rings. The van der Waals surface area contributed by atoms with E-state index in [2.05, 4.69) is 40.1 Å². The largest absolute Gasteiger partial charge is 0.335 e. The molecule has 13 heteroatoms. The molecule has 0 radical (unpaired) electrons. The number of nitrogens with one attached hydrogen (secondary N) is 2. The lowest BCUT2D eigenvalue weighted by atomic mass is 10.0. The highest BCUT2D eigenvalue weighted by molar-refractivity contribution is 7.90. The van der Waals surface area contributed by atoms with E-state index >= 15 is 4.39 Å². The summed E-state index contributed by atoms with van der Waals surface area (Å²) in [7, 11) is -3.21. The molecule has 5 aromatic heterocycles. The van der Waals surface area contributed by atoms with E-state index in [9.17, 15) is 12.8 Å². The molecule has 0 aliphatic rings. The first-order valence-electron chi connectivity index (χ1n) is 11.4. The fraction of sp³-hybridized carbons (Fsp3) is 0.120. The summed E-state index contributed by atoms with van der Waals surface area (Å²) in [5.41, 5.74) is 3.53. The average molecular weight is 533 g/mol. The highest BCUT2D eigenvalue weighted by atomic mass is 32.2. The minimum Gasteiger partial charge on any atom is -0.335 e. The van der Waals surface area contributed by atoms with Crippen molar-refractivity contribution in [2.45, 2.75) is 6.42 Å². The van der Waals surface area contributed by atoms with Crippen molar-refractivity contribution in [3.63, 3.8) is 0 Å². The Balaban J connectivity index is 1.46. The van der Waals surface area contributed by atoms with Crippen molar-refractivity contribution in [3.05, 3.63) is 72.6 Å². The van der Waals surface area contributed by atoms with Gasteiger partial charge in [-0.1, -0.05) is 6.07 Å². The van der Waals surface area contributed by atoms with Crippen molar-refractivity contribution in [1.29, 1.82) is 0 Å². The zero-order valence-electron chi connectivity index (χ0n) is 19.8. The van der Waals surface area contributed by atoms with Crippen molar-refractivity contribution in [3.8, 4) is 33.9 Å². The lowest BCUT2D eigenvalue weighted by Gasteiger charge is -2.07. The number of fused-ring (bicyclic) bond motifs is 2. The van der Waals surface area contributed by atoms with Gasteiger partial charge in [0.25, 0.3) is 0 Å². The van der Waals surface area contributed by atoms with Gasteiger partial charge in [-0.2, -0.15) is 5.10 Å². The molecule has 0 amide bonds. The molecule has 1 aromatic carbocycles. The molecular weight excluding hydrogens is 514 g/mol. The van der Waals surface area contributed by atoms with Gasteiger partial charge in [0.05, 0.1) is 28.4 Å². The summed E-state index contributed by atoms with van der Waals surface area (Å²) in [5, 5.41) is 7.21. The summed E-state index contributed by atoms with van der Waals surface area (Å²) < 4.78 is 53.3. The van der Waals surface area contributed by atoms with Crippen LogP contribution in [-0.2, 0) is 16.3 Å². The van der Waals surface area contributed by atoms with Gasteiger partial charge in [-0.25, -0.2) is 37.1 Å². The first-order chi connectivity index (χ1) is 18.3. The normalized spacial score (nSPS) is 12.0. The fourth-order valence-electron chi connectivity index (χ4n) is 4.29. The van der Waals surface area contributed by atoms with Crippen molar-refractivity contribution < 1.29 is 17.2 Å². The summed E-state index contributed by atoms with van der Waals surface area (Å²) in [6.07, 6.45) is 8.58. The first kappa shape index (κ1) is 23.7. The zero-order chi connectivity index (χ0) is 26.4. The standard InChI is InChI=1S/C25H18F2N8O2S/c1-38(36,37)5-3-13-6-14(8-16(26)7-13)17-2-4-30-24-22(17)32-25(33-24)23-19-18(34-35-23)11-31-21(20(19)27)15-9-28-12-29-10-15/h2,4,6-12H,3,5H2,1H3,(H,34,35)(H,30,32,33). The molecular formula is C25H18F2N8O2S. The summed E-state index contributed by atoms with van der Waals surface area (Å²) in [6.45, 7) is 0. The van der Waals surface area contributed by atoms with Crippen LogP contribution in [0.3, 0.4) is 0 Å². The Kier molecular flexibility index (Phi) is 5.64. The van der Waals surface area contributed by atoms with Gasteiger partial charge >= 0.3 is 0 Å². The van der Waals surface area contributed by atoms with Gasteiger partial charge in [0.1, 0.15) is 33.4 Å². The van der Waals surface area contributed by atoms with E-state index in [-0.39, 0.29) is 34.8 Å². The lowest BCUT2D eigenvalue weighted by Crippen LogP contribution is -2.06. The Labute approximate surface area is 214 Å². The minimum absolute atomic E-state index is 0.0667. The van der Waals surface area contributed by atoms with Gasteiger partial charge in [-0.05, 0) is 35.7 Å². The molecule has 0 bridgehead atoms. The van der Waals surface area contributed by atoms with Crippen LogP contribution in [0.25, 0.3) is 56.0 Å². The maximum Gasteiger partial charge on any atom is 0.178 e. The monoisotopic (exact) mass is 532 g/mol. The predicted molar refractivity (Wildman–Crippen MR) is 137 cm³/mol. The first-order valence-corrected chi connectivity index (χ1v) is 13.4. The number of aromatic nitrogens is 8. The number of rotatable bonds is 6. The van der Waals surface area contributed by atoms with E-state index in [0.717, 1.165) is 6.26 Å². The second-order valence-corrected chi connectivity index (χ2v) is 11.0. The fourth-order valence-corrected chi connectivity index (χ4v) is 4.89. The summed E-state index contributed by atoms with van der Waals surface area (Å²) >= 11 is 0. The molecule has 0 saturated heterocycles. The number of hydrogen-bond donors (Lipinski definition) is 2. The van der Waals surface area contributed by atoms with Crippen LogP contribution in [0.4, 0.5) is 8.78 Å². The van der Waals surface area contributed by atoms with Crippen molar-refractivity contribution in [1.82, 2.24) is 40.1 Å². The molecule has 0 spiro atoms. The molecule has 0 fully saturated rings. The maximum absolute atomic E-state index is 15.7. The van der Waals surface area contributed by atoms with Crippen LogP contribution < -0.4 is 0 Å². The number of nitrogens with zero attached hydrogens (tertiary/aromatic N) is 6. The summed E-state index contributed by atoms with van der Waals surface area (Å²) in [5.74, 6) is -0.962. The number of sulfone groups is 1. The summed E-state index contributed by atoms with van der Waals surface area (Å²) in [6, 6.07) is 6.09. The second-order valence-electron chi connectivity index (χ2n) is 8.78. The Morgan fingerprint density at radius 3 is 2.58 bits per heavy atom. The SMILES string of the molecule is CS(=O)(=O)CCc1cc(F)cc(-c2ccnc3nc(-c4n[nH]c5cnc(-c6cncnc6)c(F)c45)[nH]c23)c1. The number of imidazole rings is 1. The molecule has 6 rings (SSSR count). The number of hydrogen-bond acceptors (Lipinski definition) is 8. The molecule has 0 atom stereocenters. The molecule has 190 valence electrons. The summed E-state index contributed by atoms with van der Waals surface area (Å²) in [4.78, 5) is 24.0. The Morgan fingerprint density at radius 1 is 0.974 bits per heavy atom. The smallest absolute Gasteiger partial charge is 0.178 e. The number of aromatic amines is 2. The van der Waals surface area contributed by atoms with E-state index in [0.29, 0.717) is 38.9 Å². The van der Waals surface area contributed by atoms with Crippen LogP contribution in [0.5, 0.6) is 0 Å². The van der Waals surface area contributed by atoms with Gasteiger partial charge in [-0.15, -0.1) is 0 Å². The van der Waals surface area contributed by atoms with Crippen LogP contribution in [-0.4, -0.2) is 60.5 Å². The van der Waals surface area contributed by atoms with Crippen LogP contribution in [0.1, 0.15) is 5.56 Å². The van der Waals surface area contributed by atoms with E-state index in [4.69, 9.17) is 0 Å². The van der Waals surface area contributed by atoms with Gasteiger partial charge in [0.15, 0.2) is 17.3 Å². The van der Waals surface area contributed by atoms with Crippen LogP contribution >= 0.6 is 0 Å². The molecule has 2 N–H and O–H groups in total. The molecule has 38 heavy (non-hydrogen) atoms. The quantitative estimate of drug-likeness (QED) is 0.329. The zero-order valence-corrected chi connectivity index (χ0v) is 20.6. The van der Waals surface area contributed by atoms with Crippen LogP contribution in [0, 0.1) is 11.6 Å². The molecule has 0 unspecified atom stereocenters. The van der Waals surface area contributed by atoms with Crippen molar-refractivity contribution in [2.75, 3.05) is 12.0 Å². The Morgan fingerprint density at radius 2 is 1.79 bits per heavy atom. The maximum atomic E-state index is 15.7. The van der Waals surface area contributed by atoms with Crippen molar-refractivity contribution >= 4 is 31.9 Å². The third kappa shape index (κ3) is 4.36. The molecule has 0 saturated carbocycles. The second kappa shape index (κ2) is 9.03. The molecule has 0 aliphatic carbocycles. The lowest BCUT2D eigenvalue weighted by molar-refractivity contribution is 0.600. The Bertz CT molecular complexity index is 1940. The van der Waals surface area contributed by atoms with E-state index in [1.165, 1.54) is 43.2 Å². The third-order valence-electron chi connectivity index (χ3n) is 6.02. The highest BCUT2D eigenvalue weighted by Gasteiger charge is 2.21. The van der Waals surface area contributed by atoms with Gasteiger partial charge in [-0.3, -0.25) is 10.1 Å². The minimum atomic E-state index is -3.21. The predicted octanol–water partition coefficient (Wildman–Crippen LogP) is 3.89. The molecule has 5 heterocycles. The van der Waals surface area contributed by atoms with Gasteiger partial charge < -0.3 is 4.98 Å². The van der Waals surface area contributed by atoms with Gasteiger partial charge in [0, 0.05) is 36.0 Å². The highest BCUT2D eigenvalue weighted by Crippen LogP contribution is 2.34. The van der Waals surface area contributed by atoms with Crippen LogP contribution in [0.2, 0.25) is 0 Å². The topological polar surface area (TPSA) is 143 Å².